The number of pyridine rings is 1. The molecular weight excluding hydrogens is 216 g/mol. The number of esters is 1. The third-order valence-electron chi connectivity index (χ3n) is 3.14. The van der Waals surface area contributed by atoms with E-state index in [-0.39, 0.29) is 12.0 Å². The van der Waals surface area contributed by atoms with Crippen LogP contribution in [0.4, 0.5) is 0 Å². The summed E-state index contributed by atoms with van der Waals surface area (Å²) in [6.45, 7) is 0.726. The standard InChI is InChI=1S/C13H18N2O2/c1-15(9-10-4-3-7-14-8-10)12(11-5-6-11)13(16)17-2/h3-4,7-8,11-12H,5-6,9H2,1-2H3. The monoisotopic (exact) mass is 234 g/mol. The van der Waals surface area contributed by atoms with Crippen molar-refractivity contribution >= 4 is 5.97 Å². The Kier molecular flexibility index (Phi) is 3.74. The summed E-state index contributed by atoms with van der Waals surface area (Å²) in [7, 11) is 3.42. The van der Waals surface area contributed by atoms with Crippen LogP contribution >= 0.6 is 0 Å². The SMILES string of the molecule is COC(=O)C(C1CC1)N(C)Cc1cccnc1. The average Bonchev–Trinajstić information content (AvgIpc) is 3.15. The second-order valence-corrected chi connectivity index (χ2v) is 4.58. The quantitative estimate of drug-likeness (QED) is 0.723. The Bertz CT molecular complexity index is 376. The van der Waals surface area contributed by atoms with Crippen LogP contribution in [0.15, 0.2) is 24.5 Å². The van der Waals surface area contributed by atoms with E-state index < -0.39 is 0 Å². The minimum absolute atomic E-state index is 0.111. The molecule has 0 bridgehead atoms. The van der Waals surface area contributed by atoms with Crippen LogP contribution in [0.5, 0.6) is 0 Å². The summed E-state index contributed by atoms with van der Waals surface area (Å²) in [5, 5.41) is 0. The second kappa shape index (κ2) is 5.27. The number of hydrogen-bond donors (Lipinski definition) is 0. The minimum atomic E-state index is -0.126. The van der Waals surface area contributed by atoms with Crippen molar-refractivity contribution in [2.75, 3.05) is 14.2 Å². The molecular formula is C13H18N2O2. The molecule has 1 aliphatic carbocycles. The van der Waals surface area contributed by atoms with Gasteiger partial charge in [-0.1, -0.05) is 6.07 Å². The Morgan fingerprint density at radius 2 is 2.41 bits per heavy atom. The van der Waals surface area contributed by atoms with Gasteiger partial charge in [0.1, 0.15) is 6.04 Å². The number of ether oxygens (including phenoxy) is 1. The Hall–Kier alpha value is -1.42. The van der Waals surface area contributed by atoms with Crippen molar-refractivity contribution in [3.63, 3.8) is 0 Å². The smallest absolute Gasteiger partial charge is 0.323 e. The van der Waals surface area contributed by atoms with Crippen LogP contribution in [-0.2, 0) is 16.1 Å². The number of aromatic nitrogens is 1. The van der Waals surface area contributed by atoms with Crippen LogP contribution in [0, 0.1) is 5.92 Å². The number of hydrogen-bond acceptors (Lipinski definition) is 4. The molecule has 0 aliphatic heterocycles. The van der Waals surface area contributed by atoms with E-state index >= 15 is 0 Å². The highest BCUT2D eigenvalue weighted by Gasteiger charge is 2.39. The number of carbonyl (C=O) groups excluding carboxylic acids is 1. The van der Waals surface area contributed by atoms with Crippen molar-refractivity contribution < 1.29 is 9.53 Å². The van der Waals surface area contributed by atoms with Gasteiger partial charge in [0, 0.05) is 18.9 Å². The summed E-state index contributed by atoms with van der Waals surface area (Å²) >= 11 is 0. The highest BCUT2D eigenvalue weighted by atomic mass is 16.5. The zero-order valence-corrected chi connectivity index (χ0v) is 10.3. The molecule has 92 valence electrons. The van der Waals surface area contributed by atoms with Crippen LogP contribution in [0.2, 0.25) is 0 Å². The van der Waals surface area contributed by atoms with Gasteiger partial charge in [-0.25, -0.2) is 0 Å². The van der Waals surface area contributed by atoms with E-state index in [0.717, 1.165) is 24.9 Å². The first-order valence-corrected chi connectivity index (χ1v) is 5.89. The molecule has 0 N–H and O–H groups in total. The Balaban J connectivity index is 2.01. The van der Waals surface area contributed by atoms with Crippen molar-refractivity contribution in [3.05, 3.63) is 30.1 Å². The molecule has 1 atom stereocenters. The molecule has 1 aliphatic rings. The Morgan fingerprint density at radius 3 is 2.94 bits per heavy atom. The molecule has 0 aromatic carbocycles. The van der Waals surface area contributed by atoms with E-state index in [4.69, 9.17) is 4.74 Å². The maximum Gasteiger partial charge on any atom is 0.323 e. The summed E-state index contributed by atoms with van der Waals surface area (Å²) in [6, 6.07) is 3.82. The summed E-state index contributed by atoms with van der Waals surface area (Å²) < 4.78 is 4.88. The maximum atomic E-state index is 11.7. The van der Waals surface area contributed by atoms with Gasteiger partial charge in [0.15, 0.2) is 0 Å². The van der Waals surface area contributed by atoms with Crippen LogP contribution in [0.25, 0.3) is 0 Å². The molecule has 0 amide bonds. The van der Waals surface area contributed by atoms with Gasteiger partial charge < -0.3 is 4.74 Å². The van der Waals surface area contributed by atoms with Gasteiger partial charge in [-0.2, -0.15) is 0 Å². The molecule has 1 heterocycles. The number of carbonyl (C=O) groups is 1. The van der Waals surface area contributed by atoms with Crippen LogP contribution < -0.4 is 0 Å². The lowest BCUT2D eigenvalue weighted by molar-refractivity contribution is -0.147. The Labute approximate surface area is 102 Å². The number of likely N-dealkylation sites (N-methyl/N-ethyl adjacent to an activating group) is 1. The van der Waals surface area contributed by atoms with E-state index in [1.807, 2.05) is 25.4 Å². The fourth-order valence-corrected chi connectivity index (χ4v) is 2.14. The first kappa shape index (κ1) is 12.0. The van der Waals surface area contributed by atoms with Crippen molar-refractivity contribution in [2.24, 2.45) is 5.92 Å². The molecule has 0 radical (unpaired) electrons. The summed E-state index contributed by atoms with van der Waals surface area (Å²) in [5.74, 6) is 0.336. The first-order chi connectivity index (χ1) is 8.22. The van der Waals surface area contributed by atoms with Gasteiger partial charge in [-0.15, -0.1) is 0 Å². The van der Waals surface area contributed by atoms with Gasteiger partial charge >= 0.3 is 5.97 Å². The van der Waals surface area contributed by atoms with Crippen molar-refractivity contribution in [1.29, 1.82) is 0 Å². The summed E-state index contributed by atoms with van der Waals surface area (Å²) in [6.07, 6.45) is 5.83. The number of nitrogens with zero attached hydrogens (tertiary/aromatic N) is 2. The van der Waals surface area contributed by atoms with Gasteiger partial charge in [-0.3, -0.25) is 14.7 Å². The Morgan fingerprint density at radius 1 is 1.65 bits per heavy atom. The van der Waals surface area contributed by atoms with Gasteiger partial charge in [0.2, 0.25) is 0 Å². The lowest BCUT2D eigenvalue weighted by Gasteiger charge is -2.25. The highest BCUT2D eigenvalue weighted by Crippen LogP contribution is 2.35. The van der Waals surface area contributed by atoms with Crippen LogP contribution in [0.1, 0.15) is 18.4 Å². The fraction of sp³-hybridized carbons (Fsp3) is 0.538. The molecule has 17 heavy (non-hydrogen) atoms. The molecule has 1 aromatic rings. The van der Waals surface area contributed by atoms with E-state index in [1.54, 1.807) is 6.20 Å². The third-order valence-corrected chi connectivity index (χ3v) is 3.14. The zero-order chi connectivity index (χ0) is 12.3. The van der Waals surface area contributed by atoms with E-state index in [9.17, 15) is 4.79 Å². The van der Waals surface area contributed by atoms with Crippen LogP contribution in [-0.4, -0.2) is 36.1 Å². The molecule has 0 saturated heterocycles. The van der Waals surface area contributed by atoms with Gasteiger partial charge in [-0.05, 0) is 37.4 Å². The van der Waals surface area contributed by atoms with Crippen molar-refractivity contribution in [3.8, 4) is 0 Å². The third kappa shape index (κ3) is 3.03. The predicted molar refractivity (Wildman–Crippen MR) is 64.2 cm³/mol. The molecule has 4 heteroatoms. The van der Waals surface area contributed by atoms with E-state index in [2.05, 4.69) is 9.88 Å². The van der Waals surface area contributed by atoms with Crippen LogP contribution in [0.3, 0.4) is 0 Å². The van der Waals surface area contributed by atoms with Gasteiger partial charge in [0.05, 0.1) is 7.11 Å². The first-order valence-electron chi connectivity index (χ1n) is 5.89. The molecule has 2 rings (SSSR count). The molecule has 1 saturated carbocycles. The lowest BCUT2D eigenvalue weighted by Crippen LogP contribution is -2.40. The predicted octanol–water partition coefficient (Wildman–Crippen LogP) is 1.47. The summed E-state index contributed by atoms with van der Waals surface area (Å²) in [4.78, 5) is 17.9. The largest absolute Gasteiger partial charge is 0.468 e. The lowest BCUT2D eigenvalue weighted by atomic mass is 10.1. The normalized spacial score (nSPS) is 16.9. The molecule has 4 nitrogen and oxygen atoms in total. The number of methoxy groups -OCH3 is 1. The second-order valence-electron chi connectivity index (χ2n) is 4.58. The van der Waals surface area contributed by atoms with E-state index in [0.29, 0.717) is 5.92 Å². The maximum absolute atomic E-state index is 11.7. The highest BCUT2D eigenvalue weighted by molar-refractivity contribution is 5.76. The topological polar surface area (TPSA) is 42.4 Å². The molecule has 1 aromatic heterocycles. The average molecular weight is 234 g/mol. The van der Waals surface area contributed by atoms with Gasteiger partial charge in [0.25, 0.3) is 0 Å². The summed E-state index contributed by atoms with van der Waals surface area (Å²) in [5.41, 5.74) is 1.12. The number of rotatable bonds is 5. The van der Waals surface area contributed by atoms with Crippen molar-refractivity contribution in [2.45, 2.75) is 25.4 Å². The van der Waals surface area contributed by atoms with Crippen molar-refractivity contribution in [1.82, 2.24) is 9.88 Å². The zero-order valence-electron chi connectivity index (χ0n) is 10.3. The minimum Gasteiger partial charge on any atom is -0.468 e. The fourth-order valence-electron chi connectivity index (χ4n) is 2.14. The van der Waals surface area contributed by atoms with E-state index in [1.165, 1.54) is 7.11 Å². The molecule has 0 spiro atoms. The molecule has 1 unspecified atom stereocenters. The molecule has 1 fully saturated rings.